The monoisotopic (exact) mass is 300 g/mol. The number of rotatable bonds is 5. The molecule has 1 heterocycles. The van der Waals surface area contributed by atoms with E-state index in [2.05, 4.69) is 15.5 Å². The van der Waals surface area contributed by atoms with E-state index in [1.54, 1.807) is 0 Å². The third-order valence-corrected chi connectivity index (χ3v) is 3.88. The van der Waals surface area contributed by atoms with Crippen molar-refractivity contribution >= 4 is 5.91 Å². The lowest BCUT2D eigenvalue weighted by molar-refractivity contribution is -0.125. The van der Waals surface area contributed by atoms with Gasteiger partial charge in [-0.1, -0.05) is 29.8 Å². The summed E-state index contributed by atoms with van der Waals surface area (Å²) in [5, 5.41) is 10.1. The van der Waals surface area contributed by atoms with Crippen molar-refractivity contribution in [1.29, 1.82) is 0 Å². The van der Waals surface area contributed by atoms with Gasteiger partial charge in [0.25, 0.3) is 0 Å². The second-order valence-electron chi connectivity index (χ2n) is 5.91. The Labute approximate surface area is 131 Å². The SMILES string of the molecule is Cc1ccc(C(C(=O)NCc2c(C)n[nH]c2C)N(C)C)cc1. The molecule has 5 heteroatoms. The minimum absolute atomic E-state index is 0.00569. The van der Waals surface area contributed by atoms with Gasteiger partial charge in [-0.05, 0) is 40.4 Å². The van der Waals surface area contributed by atoms with E-state index >= 15 is 0 Å². The van der Waals surface area contributed by atoms with E-state index in [0.717, 1.165) is 22.5 Å². The lowest BCUT2D eigenvalue weighted by atomic mass is 10.0. The van der Waals surface area contributed by atoms with Gasteiger partial charge in [-0.2, -0.15) is 5.10 Å². The minimum atomic E-state index is -0.298. The number of H-pyrrole nitrogens is 1. The minimum Gasteiger partial charge on any atom is -0.350 e. The Balaban J connectivity index is 2.12. The number of carbonyl (C=O) groups is 1. The predicted octanol–water partition coefficient (Wildman–Crippen LogP) is 2.25. The summed E-state index contributed by atoms with van der Waals surface area (Å²) in [5.74, 6) is -0.00569. The summed E-state index contributed by atoms with van der Waals surface area (Å²) in [5.41, 5.74) is 5.15. The van der Waals surface area contributed by atoms with Gasteiger partial charge in [0.1, 0.15) is 6.04 Å². The number of aromatic nitrogens is 2. The summed E-state index contributed by atoms with van der Waals surface area (Å²) in [7, 11) is 3.83. The fourth-order valence-corrected chi connectivity index (χ4v) is 2.54. The summed E-state index contributed by atoms with van der Waals surface area (Å²) in [4.78, 5) is 14.5. The third-order valence-electron chi connectivity index (χ3n) is 3.88. The number of benzene rings is 1. The van der Waals surface area contributed by atoms with Gasteiger partial charge in [0.2, 0.25) is 5.91 Å². The second-order valence-corrected chi connectivity index (χ2v) is 5.91. The van der Waals surface area contributed by atoms with Crippen molar-refractivity contribution in [3.05, 3.63) is 52.3 Å². The van der Waals surface area contributed by atoms with E-state index in [-0.39, 0.29) is 11.9 Å². The molecule has 1 amide bonds. The van der Waals surface area contributed by atoms with Crippen molar-refractivity contribution in [3.8, 4) is 0 Å². The first-order valence-electron chi connectivity index (χ1n) is 7.41. The van der Waals surface area contributed by atoms with Gasteiger partial charge in [0, 0.05) is 17.8 Å². The maximum absolute atomic E-state index is 12.6. The molecule has 2 rings (SSSR count). The molecule has 0 fully saturated rings. The maximum Gasteiger partial charge on any atom is 0.242 e. The van der Waals surface area contributed by atoms with E-state index in [1.807, 2.05) is 64.0 Å². The molecule has 0 spiro atoms. The Morgan fingerprint density at radius 3 is 2.36 bits per heavy atom. The van der Waals surface area contributed by atoms with Gasteiger partial charge in [-0.3, -0.25) is 14.8 Å². The molecule has 5 nitrogen and oxygen atoms in total. The normalized spacial score (nSPS) is 12.5. The van der Waals surface area contributed by atoms with Gasteiger partial charge >= 0.3 is 0 Å². The van der Waals surface area contributed by atoms with E-state index in [0.29, 0.717) is 6.54 Å². The standard InChI is InChI=1S/C17H24N4O/c1-11-6-8-14(9-7-11)16(21(4)5)17(22)18-10-15-12(2)19-20-13(15)3/h6-9,16H,10H2,1-5H3,(H,18,22)(H,19,20). The third kappa shape index (κ3) is 3.54. The Morgan fingerprint density at radius 1 is 1.23 bits per heavy atom. The summed E-state index contributed by atoms with van der Waals surface area (Å²) in [6.45, 7) is 6.43. The van der Waals surface area contributed by atoms with E-state index in [1.165, 1.54) is 5.56 Å². The summed E-state index contributed by atoms with van der Waals surface area (Å²) in [6, 6.07) is 7.78. The largest absolute Gasteiger partial charge is 0.350 e. The highest BCUT2D eigenvalue weighted by Crippen LogP contribution is 2.19. The lowest BCUT2D eigenvalue weighted by Crippen LogP contribution is -2.36. The Morgan fingerprint density at radius 2 is 1.86 bits per heavy atom. The number of amides is 1. The van der Waals surface area contributed by atoms with Crippen LogP contribution in [0.4, 0.5) is 0 Å². The van der Waals surface area contributed by atoms with Crippen LogP contribution in [0.15, 0.2) is 24.3 Å². The van der Waals surface area contributed by atoms with Crippen molar-refractivity contribution in [3.63, 3.8) is 0 Å². The highest BCUT2D eigenvalue weighted by Gasteiger charge is 2.23. The van der Waals surface area contributed by atoms with Crippen LogP contribution < -0.4 is 5.32 Å². The number of nitrogens with zero attached hydrogens (tertiary/aromatic N) is 2. The van der Waals surface area contributed by atoms with Crippen LogP contribution in [0.2, 0.25) is 0 Å². The molecule has 2 N–H and O–H groups in total. The molecule has 0 radical (unpaired) electrons. The van der Waals surface area contributed by atoms with Crippen molar-refractivity contribution in [2.75, 3.05) is 14.1 Å². The van der Waals surface area contributed by atoms with Gasteiger partial charge < -0.3 is 5.32 Å². The van der Waals surface area contributed by atoms with E-state index in [4.69, 9.17) is 0 Å². The molecular formula is C17H24N4O. The van der Waals surface area contributed by atoms with Crippen LogP contribution in [0.5, 0.6) is 0 Å². The molecule has 0 saturated heterocycles. The molecule has 1 unspecified atom stereocenters. The summed E-state index contributed by atoms with van der Waals surface area (Å²) < 4.78 is 0. The van der Waals surface area contributed by atoms with Crippen molar-refractivity contribution in [1.82, 2.24) is 20.4 Å². The first kappa shape index (κ1) is 16.2. The molecule has 0 aliphatic rings. The molecule has 0 saturated carbocycles. The topological polar surface area (TPSA) is 61.0 Å². The summed E-state index contributed by atoms with van der Waals surface area (Å²) in [6.07, 6.45) is 0. The van der Waals surface area contributed by atoms with Crippen LogP contribution in [0.25, 0.3) is 0 Å². The quantitative estimate of drug-likeness (QED) is 0.890. The van der Waals surface area contributed by atoms with Gasteiger partial charge in [-0.15, -0.1) is 0 Å². The molecule has 1 aromatic carbocycles. The smallest absolute Gasteiger partial charge is 0.242 e. The van der Waals surface area contributed by atoms with Crippen molar-refractivity contribution in [2.24, 2.45) is 0 Å². The molecule has 118 valence electrons. The molecule has 1 atom stereocenters. The Kier molecular flexibility index (Phi) is 4.98. The number of nitrogens with one attached hydrogen (secondary N) is 2. The number of hydrogen-bond donors (Lipinski definition) is 2. The molecule has 0 aliphatic heterocycles. The van der Waals surface area contributed by atoms with Crippen LogP contribution in [-0.2, 0) is 11.3 Å². The van der Waals surface area contributed by atoms with Gasteiger partial charge in [0.05, 0.1) is 5.69 Å². The first-order valence-corrected chi connectivity index (χ1v) is 7.41. The molecular weight excluding hydrogens is 276 g/mol. The van der Waals surface area contributed by atoms with Crippen LogP contribution in [0.1, 0.15) is 34.1 Å². The van der Waals surface area contributed by atoms with E-state index < -0.39 is 0 Å². The number of likely N-dealkylation sites (N-methyl/N-ethyl adjacent to an activating group) is 1. The Bertz CT molecular complexity index is 624. The lowest BCUT2D eigenvalue weighted by Gasteiger charge is -2.24. The van der Waals surface area contributed by atoms with Crippen molar-refractivity contribution < 1.29 is 4.79 Å². The second kappa shape index (κ2) is 6.75. The maximum atomic E-state index is 12.6. The molecule has 0 aliphatic carbocycles. The fourth-order valence-electron chi connectivity index (χ4n) is 2.54. The average Bonchev–Trinajstić information content (AvgIpc) is 2.78. The van der Waals surface area contributed by atoms with Crippen LogP contribution in [0, 0.1) is 20.8 Å². The number of carbonyl (C=O) groups excluding carboxylic acids is 1. The van der Waals surface area contributed by atoms with E-state index in [9.17, 15) is 4.79 Å². The zero-order valence-electron chi connectivity index (χ0n) is 13.9. The van der Waals surface area contributed by atoms with Crippen LogP contribution in [0.3, 0.4) is 0 Å². The number of aryl methyl sites for hydroxylation is 3. The number of aromatic amines is 1. The molecule has 1 aromatic heterocycles. The predicted molar refractivity (Wildman–Crippen MR) is 87.5 cm³/mol. The average molecular weight is 300 g/mol. The zero-order valence-corrected chi connectivity index (χ0v) is 13.9. The zero-order chi connectivity index (χ0) is 16.3. The highest BCUT2D eigenvalue weighted by atomic mass is 16.2. The van der Waals surface area contributed by atoms with Gasteiger partial charge in [-0.25, -0.2) is 0 Å². The fraction of sp³-hybridized carbons (Fsp3) is 0.412. The molecule has 0 bridgehead atoms. The van der Waals surface area contributed by atoms with Crippen LogP contribution in [-0.4, -0.2) is 35.1 Å². The summed E-state index contributed by atoms with van der Waals surface area (Å²) >= 11 is 0. The molecule has 22 heavy (non-hydrogen) atoms. The Hall–Kier alpha value is -2.14. The highest BCUT2D eigenvalue weighted by molar-refractivity contribution is 5.83. The number of hydrogen-bond acceptors (Lipinski definition) is 3. The van der Waals surface area contributed by atoms with Crippen LogP contribution >= 0.6 is 0 Å². The molecule has 2 aromatic rings. The van der Waals surface area contributed by atoms with Gasteiger partial charge in [0.15, 0.2) is 0 Å². The van der Waals surface area contributed by atoms with Crippen molar-refractivity contribution in [2.45, 2.75) is 33.4 Å². The first-order chi connectivity index (χ1) is 10.4.